The van der Waals surface area contributed by atoms with Gasteiger partial charge in [0, 0.05) is 13.1 Å². The molecule has 3 heteroatoms. The van der Waals surface area contributed by atoms with Gasteiger partial charge in [0.15, 0.2) is 0 Å². The molecule has 1 aliphatic rings. The molecule has 0 spiro atoms. The minimum absolute atomic E-state index is 0.0149. The van der Waals surface area contributed by atoms with E-state index in [0.717, 1.165) is 32.5 Å². The number of ether oxygens (including phenoxy) is 1. The van der Waals surface area contributed by atoms with Crippen LogP contribution in [-0.4, -0.2) is 30.5 Å². The maximum Gasteiger partial charge on any atom is 0.315 e. The molecule has 0 aromatic heterocycles. The molecule has 96 valence electrons. The number of hydrogen-bond donors (Lipinski definition) is 0. The molecule has 0 N–H and O–H groups in total. The molecule has 0 radical (unpaired) electrons. The third-order valence-corrected chi connectivity index (χ3v) is 3.19. The first kappa shape index (κ1) is 12.8. The second-order valence-electron chi connectivity index (χ2n) is 4.62. The zero-order valence-corrected chi connectivity index (χ0v) is 10.5. The van der Waals surface area contributed by atoms with Crippen molar-refractivity contribution in [3.8, 4) is 5.75 Å². The second kappa shape index (κ2) is 6.36. The highest BCUT2D eigenvalue weighted by atomic mass is 16.5. The van der Waals surface area contributed by atoms with Gasteiger partial charge in [0.2, 0.25) is 0 Å². The van der Waals surface area contributed by atoms with Crippen LogP contribution in [0.2, 0.25) is 0 Å². The molecule has 1 unspecified atom stereocenters. The van der Waals surface area contributed by atoms with Crippen molar-refractivity contribution >= 4 is 5.97 Å². The summed E-state index contributed by atoms with van der Waals surface area (Å²) in [4.78, 5) is 14.3. The summed E-state index contributed by atoms with van der Waals surface area (Å²) in [5.41, 5.74) is 0. The zero-order valence-electron chi connectivity index (χ0n) is 10.5. The van der Waals surface area contributed by atoms with Gasteiger partial charge in [-0.15, -0.1) is 6.58 Å². The molecule has 0 saturated carbocycles. The van der Waals surface area contributed by atoms with Crippen LogP contribution in [0, 0.1) is 5.92 Å². The van der Waals surface area contributed by atoms with Crippen molar-refractivity contribution in [1.29, 1.82) is 0 Å². The number of benzene rings is 1. The molecular weight excluding hydrogens is 226 g/mol. The van der Waals surface area contributed by atoms with Crippen molar-refractivity contribution in [3.63, 3.8) is 0 Å². The Balaban J connectivity index is 1.90. The maximum atomic E-state index is 12.0. The molecule has 1 aromatic rings. The van der Waals surface area contributed by atoms with E-state index in [1.165, 1.54) is 0 Å². The van der Waals surface area contributed by atoms with Crippen LogP contribution in [0.25, 0.3) is 0 Å². The Morgan fingerprint density at radius 3 is 2.94 bits per heavy atom. The fourth-order valence-corrected chi connectivity index (χ4v) is 2.28. The normalized spacial score (nSPS) is 20.3. The molecule has 2 rings (SSSR count). The number of esters is 1. The molecule has 1 atom stereocenters. The van der Waals surface area contributed by atoms with Crippen molar-refractivity contribution in [2.24, 2.45) is 5.92 Å². The monoisotopic (exact) mass is 245 g/mol. The first-order chi connectivity index (χ1) is 8.79. The number of carbonyl (C=O) groups excluding carboxylic acids is 1. The lowest BCUT2D eigenvalue weighted by Gasteiger charge is -2.30. The summed E-state index contributed by atoms with van der Waals surface area (Å²) in [6, 6.07) is 9.26. The van der Waals surface area contributed by atoms with Gasteiger partial charge in [-0.25, -0.2) is 0 Å². The zero-order chi connectivity index (χ0) is 12.8. The van der Waals surface area contributed by atoms with Gasteiger partial charge in [-0.05, 0) is 31.5 Å². The van der Waals surface area contributed by atoms with Crippen LogP contribution in [0.4, 0.5) is 0 Å². The van der Waals surface area contributed by atoms with Crippen LogP contribution < -0.4 is 4.74 Å². The number of likely N-dealkylation sites (tertiary alicyclic amines) is 1. The Bertz CT molecular complexity index is 402. The van der Waals surface area contributed by atoms with Gasteiger partial charge in [-0.2, -0.15) is 0 Å². The van der Waals surface area contributed by atoms with Gasteiger partial charge in [-0.3, -0.25) is 9.69 Å². The largest absolute Gasteiger partial charge is 0.426 e. The predicted molar refractivity (Wildman–Crippen MR) is 71.4 cm³/mol. The summed E-state index contributed by atoms with van der Waals surface area (Å²) in [6.07, 6.45) is 3.84. The van der Waals surface area contributed by atoms with Gasteiger partial charge >= 0.3 is 5.97 Å². The van der Waals surface area contributed by atoms with Crippen molar-refractivity contribution < 1.29 is 9.53 Å². The van der Waals surface area contributed by atoms with E-state index in [-0.39, 0.29) is 11.9 Å². The van der Waals surface area contributed by atoms with Crippen molar-refractivity contribution in [1.82, 2.24) is 4.90 Å². The van der Waals surface area contributed by atoms with Crippen molar-refractivity contribution in [3.05, 3.63) is 43.0 Å². The lowest BCUT2D eigenvalue weighted by Crippen LogP contribution is -2.40. The smallest absolute Gasteiger partial charge is 0.315 e. The van der Waals surface area contributed by atoms with E-state index in [4.69, 9.17) is 4.74 Å². The summed E-state index contributed by atoms with van der Waals surface area (Å²) in [5, 5.41) is 0. The highest BCUT2D eigenvalue weighted by Crippen LogP contribution is 2.19. The van der Waals surface area contributed by atoms with Gasteiger partial charge in [-0.1, -0.05) is 24.3 Å². The number of hydrogen-bond acceptors (Lipinski definition) is 3. The molecule has 1 heterocycles. The van der Waals surface area contributed by atoms with Gasteiger partial charge in [0.05, 0.1) is 5.92 Å². The number of carbonyl (C=O) groups is 1. The molecule has 1 saturated heterocycles. The second-order valence-corrected chi connectivity index (χ2v) is 4.62. The highest BCUT2D eigenvalue weighted by Gasteiger charge is 2.26. The summed E-state index contributed by atoms with van der Waals surface area (Å²) < 4.78 is 5.39. The minimum Gasteiger partial charge on any atom is -0.426 e. The van der Waals surface area contributed by atoms with E-state index < -0.39 is 0 Å². The van der Waals surface area contributed by atoms with Gasteiger partial charge in [0.25, 0.3) is 0 Å². The van der Waals surface area contributed by atoms with E-state index in [1.807, 2.05) is 36.4 Å². The minimum atomic E-state index is -0.116. The van der Waals surface area contributed by atoms with Crippen molar-refractivity contribution in [2.45, 2.75) is 12.8 Å². The quantitative estimate of drug-likeness (QED) is 0.464. The summed E-state index contributed by atoms with van der Waals surface area (Å²) in [7, 11) is 0. The fourth-order valence-electron chi connectivity index (χ4n) is 2.28. The molecule has 0 bridgehead atoms. The van der Waals surface area contributed by atoms with Crippen LogP contribution in [0.15, 0.2) is 43.0 Å². The van der Waals surface area contributed by atoms with Crippen LogP contribution >= 0.6 is 0 Å². The molecule has 1 aromatic carbocycles. The van der Waals surface area contributed by atoms with E-state index in [2.05, 4.69) is 11.5 Å². The number of para-hydroxylation sites is 1. The first-order valence-corrected chi connectivity index (χ1v) is 6.39. The van der Waals surface area contributed by atoms with Gasteiger partial charge < -0.3 is 4.74 Å². The SMILES string of the molecule is C=CCN1CCCC(C(=O)Oc2ccccc2)C1. The molecule has 0 amide bonds. The number of piperidine rings is 1. The number of nitrogens with zero attached hydrogens (tertiary/aromatic N) is 1. The Morgan fingerprint density at radius 1 is 1.44 bits per heavy atom. The molecule has 1 fully saturated rings. The van der Waals surface area contributed by atoms with Crippen molar-refractivity contribution in [2.75, 3.05) is 19.6 Å². The van der Waals surface area contributed by atoms with Crippen LogP contribution in [0.1, 0.15) is 12.8 Å². The Morgan fingerprint density at radius 2 is 2.22 bits per heavy atom. The van der Waals surface area contributed by atoms with E-state index in [0.29, 0.717) is 5.75 Å². The average molecular weight is 245 g/mol. The number of rotatable bonds is 4. The molecule has 18 heavy (non-hydrogen) atoms. The third kappa shape index (κ3) is 3.44. The summed E-state index contributed by atoms with van der Waals surface area (Å²) in [6.45, 7) is 6.40. The van der Waals surface area contributed by atoms with Crippen LogP contribution in [0.5, 0.6) is 5.75 Å². The topological polar surface area (TPSA) is 29.5 Å². The maximum absolute atomic E-state index is 12.0. The van der Waals surface area contributed by atoms with Gasteiger partial charge in [0.1, 0.15) is 5.75 Å². The van der Waals surface area contributed by atoms with E-state index in [1.54, 1.807) is 0 Å². The van der Waals surface area contributed by atoms with E-state index in [9.17, 15) is 4.79 Å². The molecule has 3 nitrogen and oxygen atoms in total. The molecule has 1 aliphatic heterocycles. The predicted octanol–water partition coefficient (Wildman–Crippen LogP) is 2.49. The Labute approximate surface area is 108 Å². The van der Waals surface area contributed by atoms with Crippen LogP contribution in [-0.2, 0) is 4.79 Å². The lowest BCUT2D eigenvalue weighted by molar-refractivity contribution is -0.140. The van der Waals surface area contributed by atoms with Crippen LogP contribution in [0.3, 0.4) is 0 Å². The molecule has 0 aliphatic carbocycles. The Hall–Kier alpha value is -1.61. The molecular formula is C15H19NO2. The third-order valence-electron chi connectivity index (χ3n) is 3.19. The average Bonchev–Trinajstić information content (AvgIpc) is 2.40. The lowest BCUT2D eigenvalue weighted by atomic mass is 9.98. The fraction of sp³-hybridized carbons (Fsp3) is 0.400. The standard InChI is InChI=1S/C15H19NO2/c1-2-10-16-11-6-7-13(12-16)15(17)18-14-8-4-3-5-9-14/h2-5,8-9,13H,1,6-7,10-12H2. The highest BCUT2D eigenvalue weighted by molar-refractivity contribution is 5.75. The summed E-state index contributed by atoms with van der Waals surface area (Å²) >= 11 is 0. The first-order valence-electron chi connectivity index (χ1n) is 6.39. The Kier molecular flexibility index (Phi) is 4.53. The summed E-state index contributed by atoms with van der Waals surface area (Å²) in [5.74, 6) is 0.497. The van der Waals surface area contributed by atoms with E-state index >= 15 is 0 Å².